The maximum absolute atomic E-state index is 10.4. The van der Waals surface area contributed by atoms with E-state index in [1.807, 2.05) is 0 Å². The van der Waals surface area contributed by atoms with E-state index in [0.717, 1.165) is 5.46 Å². The van der Waals surface area contributed by atoms with Gasteiger partial charge in [0.05, 0.1) is 0 Å². The normalized spacial score (nSPS) is 9.64. The number of nitrogens with zero attached hydrogens (tertiary/aromatic N) is 1. The lowest BCUT2D eigenvalue weighted by Gasteiger charge is -1.99. The second-order valence-corrected chi connectivity index (χ2v) is 2.83. The summed E-state index contributed by atoms with van der Waals surface area (Å²) in [5.74, 6) is 0. The molecule has 0 radical (unpaired) electrons. The number of rotatable bonds is 1. The van der Waals surface area contributed by atoms with Gasteiger partial charge in [-0.2, -0.15) is 0 Å². The van der Waals surface area contributed by atoms with E-state index in [-0.39, 0.29) is 5.15 Å². The first-order valence-electron chi connectivity index (χ1n) is 2.93. The Bertz CT molecular complexity index is 280. The maximum atomic E-state index is 10.4. The smallest absolute Gasteiger partial charge is 0.152 e. The Morgan fingerprint density at radius 3 is 2.64 bits per heavy atom. The van der Waals surface area contributed by atoms with Crippen molar-refractivity contribution in [2.45, 2.75) is 0 Å². The lowest BCUT2D eigenvalue weighted by atomic mass is 9.93. The Kier molecular flexibility index (Phi) is 2.52. The highest BCUT2D eigenvalue weighted by Gasteiger charge is 2.04. The molecule has 0 fully saturated rings. The summed E-state index contributed by atoms with van der Waals surface area (Å²) in [5, 5.41) is 0.461. The summed E-state index contributed by atoms with van der Waals surface area (Å²) in [6, 6.07) is 1.59. The summed E-state index contributed by atoms with van der Waals surface area (Å²) in [6.07, 6.45) is 0.668. The summed E-state index contributed by atoms with van der Waals surface area (Å²) < 4.78 is 0. The Hall–Kier alpha value is -0.535. The van der Waals surface area contributed by atoms with Gasteiger partial charge in [0.15, 0.2) is 6.29 Å². The Morgan fingerprint density at radius 2 is 2.18 bits per heavy atom. The van der Waals surface area contributed by atoms with Crippen molar-refractivity contribution in [1.29, 1.82) is 0 Å². The second kappa shape index (κ2) is 3.24. The molecule has 0 unspecified atom stereocenters. The average molecular weight is 188 g/mol. The Labute approximate surface area is 74.9 Å². The summed E-state index contributed by atoms with van der Waals surface area (Å²) in [4.78, 5) is 14.1. The number of hydrogen-bond donors (Lipinski definition) is 0. The minimum Gasteiger partial charge on any atom is -0.298 e. The predicted octanol–water partition coefficient (Wildman–Crippen LogP) is 0.459. The number of carbonyl (C=O) groups is 1. The van der Waals surface area contributed by atoms with Crippen molar-refractivity contribution < 1.29 is 4.79 Å². The van der Waals surface area contributed by atoms with Crippen molar-refractivity contribution in [1.82, 2.24) is 4.98 Å². The van der Waals surface area contributed by atoms with Crippen molar-refractivity contribution in [3.05, 3.63) is 21.9 Å². The molecule has 1 rings (SSSR count). The van der Waals surface area contributed by atoms with Crippen LogP contribution in [0.3, 0.4) is 0 Å². The fourth-order valence-electron chi connectivity index (χ4n) is 0.747. The van der Waals surface area contributed by atoms with Crippen LogP contribution in [0.4, 0.5) is 0 Å². The van der Waals surface area contributed by atoms with Gasteiger partial charge in [-0.25, -0.2) is 4.98 Å². The first-order valence-corrected chi connectivity index (χ1v) is 3.68. The molecule has 56 valence electrons. The highest BCUT2D eigenvalue weighted by molar-refractivity contribution is 6.42. The van der Waals surface area contributed by atoms with E-state index in [0.29, 0.717) is 17.0 Å². The van der Waals surface area contributed by atoms with E-state index < -0.39 is 0 Å². The molecule has 0 spiro atoms. The van der Waals surface area contributed by atoms with Gasteiger partial charge in [-0.1, -0.05) is 28.7 Å². The van der Waals surface area contributed by atoms with Crippen LogP contribution in [0.25, 0.3) is 0 Å². The Balaban J connectivity index is 3.36. The molecule has 0 aliphatic rings. The van der Waals surface area contributed by atoms with Gasteiger partial charge in [0.25, 0.3) is 0 Å². The molecule has 0 saturated heterocycles. The highest BCUT2D eigenvalue weighted by atomic mass is 35.5. The third-order valence-corrected chi connectivity index (χ3v) is 1.79. The van der Waals surface area contributed by atoms with Gasteiger partial charge in [-0.05, 0) is 6.07 Å². The molecular weight excluding hydrogens is 184 g/mol. The van der Waals surface area contributed by atoms with Crippen molar-refractivity contribution >= 4 is 42.8 Å². The van der Waals surface area contributed by atoms with Gasteiger partial charge >= 0.3 is 0 Å². The van der Waals surface area contributed by atoms with E-state index in [1.54, 1.807) is 13.9 Å². The average Bonchev–Trinajstić information content (AvgIpc) is 1.85. The zero-order chi connectivity index (χ0) is 8.43. The molecular formula is C6H4BCl2NO. The largest absolute Gasteiger partial charge is 0.298 e. The Morgan fingerprint density at radius 1 is 1.55 bits per heavy atom. The number of aromatic nitrogens is 1. The lowest BCUT2D eigenvalue weighted by molar-refractivity contribution is 0.112. The van der Waals surface area contributed by atoms with Gasteiger partial charge in [0.1, 0.15) is 18.2 Å². The van der Waals surface area contributed by atoms with E-state index >= 15 is 0 Å². The minimum absolute atomic E-state index is 0.157. The maximum Gasteiger partial charge on any atom is 0.152 e. The van der Waals surface area contributed by atoms with Crippen LogP contribution in [0.5, 0.6) is 0 Å². The predicted molar refractivity (Wildman–Crippen MR) is 47.8 cm³/mol. The van der Waals surface area contributed by atoms with Crippen LogP contribution in [0, 0.1) is 0 Å². The minimum atomic E-state index is 0.157. The molecule has 0 saturated carbocycles. The molecule has 2 nitrogen and oxygen atoms in total. The molecule has 1 aromatic rings. The van der Waals surface area contributed by atoms with E-state index in [2.05, 4.69) is 4.98 Å². The molecule has 0 amide bonds. The lowest BCUT2D eigenvalue weighted by Crippen LogP contribution is -2.11. The number of aldehydes is 1. The van der Waals surface area contributed by atoms with E-state index in [4.69, 9.17) is 23.2 Å². The van der Waals surface area contributed by atoms with Crippen molar-refractivity contribution in [2.24, 2.45) is 0 Å². The zero-order valence-electron chi connectivity index (χ0n) is 5.77. The van der Waals surface area contributed by atoms with Crippen LogP contribution < -0.4 is 5.46 Å². The SMILES string of the molecule is Bc1cc(Cl)nc(Cl)c1C=O. The number of pyridine rings is 1. The van der Waals surface area contributed by atoms with Gasteiger partial charge < -0.3 is 0 Å². The molecule has 5 heteroatoms. The van der Waals surface area contributed by atoms with Crippen LogP contribution >= 0.6 is 23.2 Å². The molecule has 0 aromatic carbocycles. The topological polar surface area (TPSA) is 30.0 Å². The molecule has 0 N–H and O–H groups in total. The van der Waals surface area contributed by atoms with Gasteiger partial charge in [-0.3, -0.25) is 4.79 Å². The van der Waals surface area contributed by atoms with Crippen molar-refractivity contribution in [2.75, 3.05) is 0 Å². The molecule has 0 atom stereocenters. The molecule has 0 aliphatic heterocycles. The zero-order valence-corrected chi connectivity index (χ0v) is 7.28. The van der Waals surface area contributed by atoms with Gasteiger partial charge in [0.2, 0.25) is 0 Å². The molecule has 1 heterocycles. The van der Waals surface area contributed by atoms with Gasteiger partial charge in [-0.15, -0.1) is 0 Å². The monoisotopic (exact) mass is 187 g/mol. The van der Waals surface area contributed by atoms with Crippen LogP contribution in [0.2, 0.25) is 10.3 Å². The number of halogens is 2. The van der Waals surface area contributed by atoms with Gasteiger partial charge in [0, 0.05) is 5.56 Å². The number of hydrogen-bond acceptors (Lipinski definition) is 2. The van der Waals surface area contributed by atoms with Crippen LogP contribution in [0.1, 0.15) is 10.4 Å². The van der Waals surface area contributed by atoms with E-state index in [1.165, 1.54) is 0 Å². The van der Waals surface area contributed by atoms with Crippen molar-refractivity contribution in [3.8, 4) is 0 Å². The number of carbonyl (C=O) groups excluding carboxylic acids is 1. The summed E-state index contributed by atoms with van der Waals surface area (Å²) in [6.45, 7) is 0. The molecule has 11 heavy (non-hydrogen) atoms. The fourth-order valence-corrected chi connectivity index (χ4v) is 1.32. The third kappa shape index (κ3) is 1.73. The summed E-state index contributed by atoms with van der Waals surface area (Å²) in [5.41, 5.74) is 1.14. The molecule has 1 aromatic heterocycles. The summed E-state index contributed by atoms with van der Waals surface area (Å²) >= 11 is 11.2. The molecule has 0 bridgehead atoms. The first-order chi connectivity index (χ1) is 5.15. The highest BCUT2D eigenvalue weighted by Crippen LogP contribution is 2.11. The van der Waals surface area contributed by atoms with Crippen LogP contribution in [0.15, 0.2) is 6.07 Å². The van der Waals surface area contributed by atoms with Crippen LogP contribution in [-0.2, 0) is 0 Å². The standard InChI is InChI=1S/C6H4BCl2NO/c7-4-1-5(8)10-6(9)3(4)2-11/h1-2H,7H2. The third-order valence-electron chi connectivity index (χ3n) is 1.31. The molecule has 0 aliphatic carbocycles. The quantitative estimate of drug-likeness (QED) is 0.364. The fraction of sp³-hybridized carbons (Fsp3) is 0. The second-order valence-electron chi connectivity index (χ2n) is 2.08. The first kappa shape index (κ1) is 8.56. The van der Waals surface area contributed by atoms with Crippen molar-refractivity contribution in [3.63, 3.8) is 0 Å². The van der Waals surface area contributed by atoms with E-state index in [9.17, 15) is 4.79 Å². The summed E-state index contributed by atoms with van der Waals surface area (Å²) in [7, 11) is 1.75. The van der Waals surface area contributed by atoms with Crippen LogP contribution in [-0.4, -0.2) is 19.1 Å².